The van der Waals surface area contributed by atoms with Crippen LogP contribution in [-0.2, 0) is 0 Å². The van der Waals surface area contributed by atoms with Gasteiger partial charge in [-0.1, -0.05) is 23.4 Å². The Morgan fingerprint density at radius 3 is 2.41 bits per heavy atom. The van der Waals surface area contributed by atoms with Crippen molar-refractivity contribution in [2.24, 2.45) is 0 Å². The van der Waals surface area contributed by atoms with E-state index in [0.717, 1.165) is 5.56 Å². The molecule has 84 valence electrons. The lowest BCUT2D eigenvalue weighted by molar-refractivity contribution is 1.18. The van der Waals surface area contributed by atoms with E-state index in [2.05, 4.69) is 21.8 Å². The van der Waals surface area contributed by atoms with E-state index in [1.165, 1.54) is 6.20 Å². The fourth-order valence-electron chi connectivity index (χ4n) is 1.18. The lowest BCUT2D eigenvalue weighted by atomic mass is 10.2. The molecule has 2 rings (SSSR count). The van der Waals surface area contributed by atoms with Crippen LogP contribution in [0.3, 0.4) is 0 Å². The van der Waals surface area contributed by atoms with Gasteiger partial charge in [-0.3, -0.25) is 0 Å². The highest BCUT2D eigenvalue weighted by Gasteiger charge is 1.98. The summed E-state index contributed by atoms with van der Waals surface area (Å²) in [5, 5.41) is 0.672. The van der Waals surface area contributed by atoms with E-state index >= 15 is 0 Å². The van der Waals surface area contributed by atoms with Gasteiger partial charge in [-0.25, -0.2) is 4.98 Å². The zero-order chi connectivity index (χ0) is 12.3. The first-order chi connectivity index (χ1) is 8.15. The lowest BCUT2D eigenvalue weighted by Crippen LogP contribution is -2.01. The van der Waals surface area contributed by atoms with Crippen LogP contribution < -0.4 is 11.5 Å². The normalized spacial score (nSPS) is 9.47. The SMILES string of the molecule is Nc1ncc(C#Cc2ccc(Cl)cc2)c(N)n1. The molecule has 0 aliphatic heterocycles. The molecular formula is C12H9ClN4. The maximum absolute atomic E-state index is 5.77. The van der Waals surface area contributed by atoms with Crippen LogP contribution in [0.25, 0.3) is 0 Å². The molecule has 0 aliphatic rings. The smallest absolute Gasteiger partial charge is 0.221 e. The van der Waals surface area contributed by atoms with E-state index in [4.69, 9.17) is 23.1 Å². The third kappa shape index (κ3) is 2.86. The van der Waals surface area contributed by atoms with E-state index in [1.807, 2.05) is 12.1 Å². The number of benzene rings is 1. The maximum Gasteiger partial charge on any atom is 0.221 e. The second-order valence-corrected chi connectivity index (χ2v) is 3.72. The molecular weight excluding hydrogens is 236 g/mol. The van der Waals surface area contributed by atoms with Gasteiger partial charge >= 0.3 is 0 Å². The van der Waals surface area contributed by atoms with Crippen LogP contribution in [0.2, 0.25) is 5.02 Å². The Labute approximate surface area is 104 Å². The number of nitrogens with two attached hydrogens (primary N) is 2. The monoisotopic (exact) mass is 244 g/mol. The summed E-state index contributed by atoms with van der Waals surface area (Å²) in [6.45, 7) is 0. The molecule has 1 aromatic heterocycles. The van der Waals surface area contributed by atoms with Crippen molar-refractivity contribution < 1.29 is 0 Å². The van der Waals surface area contributed by atoms with Gasteiger partial charge in [0, 0.05) is 10.6 Å². The number of rotatable bonds is 0. The minimum absolute atomic E-state index is 0.138. The molecule has 0 saturated carbocycles. The van der Waals surface area contributed by atoms with Gasteiger partial charge in [-0.05, 0) is 24.3 Å². The summed E-state index contributed by atoms with van der Waals surface area (Å²) in [6, 6.07) is 7.19. The van der Waals surface area contributed by atoms with Gasteiger partial charge in [0.05, 0.1) is 11.8 Å². The summed E-state index contributed by atoms with van der Waals surface area (Å²) in [6.07, 6.45) is 1.50. The van der Waals surface area contributed by atoms with E-state index < -0.39 is 0 Å². The van der Waals surface area contributed by atoms with Gasteiger partial charge in [0.1, 0.15) is 5.82 Å². The van der Waals surface area contributed by atoms with Crippen molar-refractivity contribution in [2.45, 2.75) is 0 Å². The van der Waals surface area contributed by atoms with Crippen molar-refractivity contribution in [1.82, 2.24) is 9.97 Å². The van der Waals surface area contributed by atoms with Crippen LogP contribution in [0.1, 0.15) is 11.1 Å². The summed E-state index contributed by atoms with van der Waals surface area (Å²) >= 11 is 5.77. The van der Waals surface area contributed by atoms with Gasteiger partial charge in [-0.15, -0.1) is 0 Å². The second kappa shape index (κ2) is 4.73. The van der Waals surface area contributed by atoms with Gasteiger partial charge in [-0.2, -0.15) is 4.98 Å². The predicted molar refractivity (Wildman–Crippen MR) is 68.3 cm³/mol. The largest absolute Gasteiger partial charge is 0.382 e. The number of aromatic nitrogens is 2. The van der Waals surface area contributed by atoms with Crippen LogP contribution in [0, 0.1) is 11.8 Å². The Balaban J connectivity index is 2.29. The minimum atomic E-state index is 0.138. The molecule has 0 spiro atoms. The molecule has 17 heavy (non-hydrogen) atoms. The molecule has 0 aliphatic carbocycles. The lowest BCUT2D eigenvalue weighted by Gasteiger charge is -1.96. The van der Waals surface area contributed by atoms with Gasteiger partial charge in [0.2, 0.25) is 5.95 Å². The van der Waals surface area contributed by atoms with Crippen LogP contribution in [0.4, 0.5) is 11.8 Å². The van der Waals surface area contributed by atoms with Gasteiger partial charge in [0.15, 0.2) is 0 Å². The Bertz CT molecular complexity index is 596. The number of nitrogens with zero attached hydrogens (tertiary/aromatic N) is 2. The van der Waals surface area contributed by atoms with E-state index in [1.54, 1.807) is 12.1 Å². The van der Waals surface area contributed by atoms with Crippen molar-refractivity contribution in [2.75, 3.05) is 11.5 Å². The third-order valence-corrected chi connectivity index (χ3v) is 2.27. The molecule has 0 bridgehead atoms. The summed E-state index contributed by atoms with van der Waals surface area (Å²) < 4.78 is 0. The number of anilines is 2. The maximum atomic E-state index is 5.77. The van der Waals surface area contributed by atoms with Crippen molar-refractivity contribution in [3.8, 4) is 11.8 Å². The molecule has 0 radical (unpaired) electrons. The standard InChI is InChI=1S/C12H9ClN4/c13-10-5-2-8(3-6-10)1-4-9-7-16-12(15)17-11(9)14/h2-3,5-7H,(H4,14,15,16,17). The molecule has 1 aromatic carbocycles. The average molecular weight is 245 g/mol. The van der Waals surface area contributed by atoms with Crippen molar-refractivity contribution in [1.29, 1.82) is 0 Å². The quantitative estimate of drug-likeness (QED) is 0.692. The summed E-state index contributed by atoms with van der Waals surface area (Å²) in [4.78, 5) is 7.65. The highest BCUT2D eigenvalue weighted by Crippen LogP contribution is 2.10. The Hall–Kier alpha value is -2.25. The highest BCUT2D eigenvalue weighted by molar-refractivity contribution is 6.30. The summed E-state index contributed by atoms with van der Waals surface area (Å²) in [7, 11) is 0. The first-order valence-corrected chi connectivity index (χ1v) is 5.18. The van der Waals surface area contributed by atoms with E-state index in [9.17, 15) is 0 Å². The van der Waals surface area contributed by atoms with Crippen molar-refractivity contribution in [3.05, 3.63) is 46.6 Å². The summed E-state index contributed by atoms with van der Waals surface area (Å²) in [5.41, 5.74) is 12.4. The Morgan fingerprint density at radius 2 is 1.76 bits per heavy atom. The van der Waals surface area contributed by atoms with Crippen LogP contribution in [0.5, 0.6) is 0 Å². The number of nitrogen functional groups attached to an aromatic ring is 2. The molecule has 0 amide bonds. The molecule has 0 saturated heterocycles. The van der Waals surface area contributed by atoms with Crippen molar-refractivity contribution in [3.63, 3.8) is 0 Å². The topological polar surface area (TPSA) is 77.8 Å². The fraction of sp³-hybridized carbons (Fsp3) is 0. The Morgan fingerprint density at radius 1 is 1.06 bits per heavy atom. The highest BCUT2D eigenvalue weighted by atomic mass is 35.5. The molecule has 2 aromatic rings. The first-order valence-electron chi connectivity index (χ1n) is 4.81. The number of hydrogen-bond acceptors (Lipinski definition) is 4. The molecule has 4 nitrogen and oxygen atoms in total. The molecule has 1 heterocycles. The van der Waals surface area contributed by atoms with Crippen LogP contribution in [0.15, 0.2) is 30.5 Å². The zero-order valence-electron chi connectivity index (χ0n) is 8.81. The van der Waals surface area contributed by atoms with E-state index in [-0.39, 0.29) is 11.8 Å². The number of hydrogen-bond donors (Lipinski definition) is 2. The Kier molecular flexibility index (Phi) is 3.12. The molecule has 4 N–H and O–H groups in total. The van der Waals surface area contributed by atoms with Crippen LogP contribution in [-0.4, -0.2) is 9.97 Å². The molecule has 0 atom stereocenters. The zero-order valence-corrected chi connectivity index (χ0v) is 9.57. The summed E-state index contributed by atoms with van der Waals surface area (Å²) in [5.74, 6) is 6.23. The third-order valence-electron chi connectivity index (χ3n) is 2.02. The van der Waals surface area contributed by atoms with Crippen LogP contribution >= 0.6 is 11.6 Å². The number of halogens is 1. The predicted octanol–water partition coefficient (Wildman–Crippen LogP) is 1.69. The van der Waals surface area contributed by atoms with Gasteiger partial charge in [0.25, 0.3) is 0 Å². The van der Waals surface area contributed by atoms with Gasteiger partial charge < -0.3 is 11.5 Å². The minimum Gasteiger partial charge on any atom is -0.382 e. The second-order valence-electron chi connectivity index (χ2n) is 3.28. The first kappa shape index (κ1) is 11.2. The molecule has 5 heteroatoms. The average Bonchev–Trinajstić information content (AvgIpc) is 2.30. The van der Waals surface area contributed by atoms with E-state index in [0.29, 0.717) is 10.6 Å². The fourth-order valence-corrected chi connectivity index (χ4v) is 1.30. The van der Waals surface area contributed by atoms with Crippen molar-refractivity contribution >= 4 is 23.4 Å². The molecule has 0 unspecified atom stereocenters. The molecule has 0 fully saturated rings.